The van der Waals surface area contributed by atoms with Crippen molar-refractivity contribution >= 4 is 79.7 Å². The Hall–Kier alpha value is -3.69. The number of carbonyl (C=O) groups is 3. The quantitative estimate of drug-likeness (QED) is 0.140. The maximum absolute atomic E-state index is 12.9. The molecule has 7 nitrogen and oxygen atoms in total. The van der Waals surface area contributed by atoms with Crippen LogP contribution in [0.1, 0.15) is 36.8 Å². The second-order valence-corrected chi connectivity index (χ2v) is 9.88. The molecule has 0 saturated heterocycles. The molecule has 5 aromatic rings. The fourth-order valence-electron chi connectivity index (χ4n) is 3.71. The number of hydrogen-bond acceptors (Lipinski definition) is 7. The third kappa shape index (κ3) is 6.37. The maximum atomic E-state index is 12.9. The summed E-state index contributed by atoms with van der Waals surface area (Å²) < 4.78 is 14.8. The number of fused-ring (bicyclic) bond motifs is 1. The Balaban J connectivity index is 0.000000312. The van der Waals surface area contributed by atoms with Gasteiger partial charge in [-0.1, -0.05) is 83.0 Å². The lowest BCUT2D eigenvalue weighted by atomic mass is 10.1. The lowest BCUT2D eigenvalue weighted by molar-refractivity contribution is 0.0396. The van der Waals surface area contributed by atoms with Crippen LogP contribution in [-0.4, -0.2) is 23.1 Å². The van der Waals surface area contributed by atoms with E-state index in [1.807, 2.05) is 30.3 Å². The molecule has 5 rings (SSSR count). The topological polar surface area (TPSA) is 95.7 Å². The van der Waals surface area contributed by atoms with E-state index < -0.39 is 17.9 Å². The summed E-state index contributed by atoms with van der Waals surface area (Å²) in [6.45, 7) is 1.54. The predicted molar refractivity (Wildman–Crippen MR) is 156 cm³/mol. The Bertz CT molecular complexity index is 1700. The van der Waals surface area contributed by atoms with Crippen LogP contribution < -0.4 is 0 Å². The third-order valence-electron chi connectivity index (χ3n) is 5.61. The number of hydrogen-bond donors (Lipinski definition) is 0. The lowest BCUT2D eigenvalue weighted by Crippen LogP contribution is -2.14. The maximum Gasteiger partial charge on any atom is 0.356 e. The van der Waals surface area contributed by atoms with Crippen LogP contribution in [0, 0.1) is 6.92 Å². The molecular weight excluding hydrogens is 645 g/mol. The first-order chi connectivity index (χ1) is 19.2. The summed E-state index contributed by atoms with van der Waals surface area (Å²) in [5.41, 5.74) is 1.09. The zero-order chi connectivity index (χ0) is 28.8. The Morgan fingerprint density at radius 2 is 1.45 bits per heavy atom. The summed E-state index contributed by atoms with van der Waals surface area (Å²) in [7, 11) is 0. The van der Waals surface area contributed by atoms with Gasteiger partial charge in [0, 0.05) is 10.0 Å². The summed E-state index contributed by atoms with van der Waals surface area (Å²) in [5.74, 6) is -2.07. The zero-order valence-corrected chi connectivity index (χ0v) is 24.3. The van der Waals surface area contributed by atoms with Crippen molar-refractivity contribution in [3.63, 3.8) is 0 Å². The number of esters is 2. The molecule has 1 heterocycles. The Morgan fingerprint density at radius 1 is 0.800 bits per heavy atom. The van der Waals surface area contributed by atoms with Crippen molar-refractivity contribution in [2.24, 2.45) is 0 Å². The van der Waals surface area contributed by atoms with E-state index in [9.17, 15) is 14.4 Å². The first kappa shape index (κ1) is 29.3. The first-order valence-corrected chi connectivity index (χ1v) is 13.3. The van der Waals surface area contributed by atoms with E-state index in [4.69, 9.17) is 44.3 Å². The molecule has 0 bridgehead atoms. The summed E-state index contributed by atoms with van der Waals surface area (Å²) in [6.07, 6.45) is 0. The van der Waals surface area contributed by atoms with Crippen molar-refractivity contribution in [1.29, 1.82) is 0 Å². The highest BCUT2D eigenvalue weighted by molar-refractivity contribution is 9.10. The van der Waals surface area contributed by atoms with Crippen LogP contribution in [0.3, 0.4) is 0 Å². The number of halogens is 4. The van der Waals surface area contributed by atoms with Crippen molar-refractivity contribution in [1.82, 2.24) is 5.16 Å². The van der Waals surface area contributed by atoms with E-state index in [0.29, 0.717) is 15.6 Å². The average Bonchev–Trinajstić information content (AvgIpc) is 3.34. The van der Waals surface area contributed by atoms with Gasteiger partial charge in [-0.15, -0.1) is 0 Å². The molecule has 0 radical (unpaired) electrons. The fourth-order valence-corrected chi connectivity index (χ4v) is 5.03. The van der Waals surface area contributed by atoms with Gasteiger partial charge >= 0.3 is 17.9 Å². The number of aryl methyl sites for hydroxylation is 1. The molecule has 11 heteroatoms. The molecule has 0 spiro atoms. The molecule has 0 unspecified atom stereocenters. The van der Waals surface area contributed by atoms with Crippen LogP contribution in [-0.2, 0) is 9.03 Å². The van der Waals surface area contributed by atoms with E-state index in [1.54, 1.807) is 54.6 Å². The van der Waals surface area contributed by atoms with Gasteiger partial charge in [-0.3, -0.25) is 0 Å². The van der Waals surface area contributed by atoms with Crippen LogP contribution in [0.4, 0.5) is 0 Å². The fraction of sp³-hybridized carbons (Fsp3) is 0.0345. The molecule has 0 aliphatic heterocycles. The van der Waals surface area contributed by atoms with E-state index in [1.165, 1.54) is 6.92 Å². The minimum Gasteiger partial charge on any atom is -0.386 e. The van der Waals surface area contributed by atoms with Gasteiger partial charge in [0.25, 0.3) is 0 Å². The number of nitrogens with zero attached hydrogens (tertiary/aromatic N) is 1. The SMILES string of the molecule is Cc1onc(-c2c(Cl)cccc2Cl)c1C(=O)OC(=O)c1ccc2ccccc2c1Br.O=C(OCl)c1ccccc1. The number of carbonyl (C=O) groups excluding carboxylic acids is 3. The standard InChI is InChI=1S/C22H12BrCl2NO4.C7H5ClO2/c1-11-17(20(26-30-11)18-15(24)7-4-8-16(18)25)22(28)29-21(27)14-10-9-12-5-2-3-6-13(12)19(14)23;8-10-7(9)6-4-2-1-3-5-6/h2-10H,1H3;1-5H. The van der Waals surface area contributed by atoms with Gasteiger partial charge in [-0.25, -0.2) is 14.4 Å². The second-order valence-electron chi connectivity index (χ2n) is 8.11. The van der Waals surface area contributed by atoms with Crippen LogP contribution in [0.2, 0.25) is 10.0 Å². The smallest absolute Gasteiger partial charge is 0.356 e. The summed E-state index contributed by atoms with van der Waals surface area (Å²) in [4.78, 5) is 36.2. The highest BCUT2D eigenvalue weighted by Gasteiger charge is 2.28. The molecular formula is C29H17BrCl3NO6. The monoisotopic (exact) mass is 659 g/mol. The molecule has 0 fully saturated rings. The Labute approximate surface area is 251 Å². The van der Waals surface area contributed by atoms with Crippen LogP contribution in [0.15, 0.2) is 93.9 Å². The van der Waals surface area contributed by atoms with Gasteiger partial charge in [0.1, 0.15) is 28.9 Å². The predicted octanol–water partition coefficient (Wildman–Crippen LogP) is 8.87. The highest BCUT2D eigenvalue weighted by atomic mass is 79.9. The molecule has 0 N–H and O–H groups in total. The molecule has 1 aromatic heterocycles. The van der Waals surface area contributed by atoms with Crippen molar-refractivity contribution < 1.29 is 27.9 Å². The van der Waals surface area contributed by atoms with Gasteiger partial charge in [0.05, 0.1) is 21.2 Å². The van der Waals surface area contributed by atoms with Crippen LogP contribution >= 0.6 is 51.0 Å². The van der Waals surface area contributed by atoms with E-state index >= 15 is 0 Å². The van der Waals surface area contributed by atoms with Crippen LogP contribution in [0.5, 0.6) is 0 Å². The molecule has 0 aliphatic rings. The largest absolute Gasteiger partial charge is 0.386 e. The van der Waals surface area contributed by atoms with Crippen molar-refractivity contribution in [2.45, 2.75) is 6.92 Å². The normalized spacial score (nSPS) is 10.4. The number of benzene rings is 4. The van der Waals surface area contributed by atoms with Gasteiger partial charge in [-0.2, -0.15) is 0 Å². The van der Waals surface area contributed by atoms with Gasteiger partial charge in [0.15, 0.2) is 0 Å². The molecule has 0 aliphatic carbocycles. The van der Waals surface area contributed by atoms with E-state index in [2.05, 4.69) is 25.4 Å². The van der Waals surface area contributed by atoms with Crippen molar-refractivity contribution in [3.05, 3.63) is 122 Å². The Kier molecular flexibility index (Phi) is 9.60. The summed E-state index contributed by atoms with van der Waals surface area (Å²) >= 11 is 20.7. The molecule has 0 saturated carbocycles. The zero-order valence-electron chi connectivity index (χ0n) is 20.5. The molecule has 0 atom stereocenters. The number of aromatic nitrogens is 1. The number of rotatable bonds is 4. The summed E-state index contributed by atoms with van der Waals surface area (Å²) in [6, 6.07) is 24.3. The molecule has 202 valence electrons. The van der Waals surface area contributed by atoms with Crippen LogP contribution in [0.25, 0.3) is 22.0 Å². The molecule has 4 aromatic carbocycles. The van der Waals surface area contributed by atoms with E-state index in [0.717, 1.165) is 10.8 Å². The van der Waals surface area contributed by atoms with Gasteiger partial charge in [0.2, 0.25) is 0 Å². The Morgan fingerprint density at radius 3 is 2.12 bits per heavy atom. The lowest BCUT2D eigenvalue weighted by Gasteiger charge is -2.09. The minimum absolute atomic E-state index is 0.0183. The number of ether oxygens (including phenoxy) is 1. The minimum atomic E-state index is -0.912. The van der Waals surface area contributed by atoms with E-state index in [-0.39, 0.29) is 32.6 Å². The summed E-state index contributed by atoms with van der Waals surface area (Å²) in [5, 5.41) is 6.24. The second kappa shape index (κ2) is 13.1. The van der Waals surface area contributed by atoms with Crippen molar-refractivity contribution in [3.8, 4) is 11.3 Å². The molecule has 40 heavy (non-hydrogen) atoms. The van der Waals surface area contributed by atoms with Gasteiger partial charge < -0.3 is 13.5 Å². The van der Waals surface area contributed by atoms with Crippen molar-refractivity contribution in [2.75, 3.05) is 0 Å². The third-order valence-corrected chi connectivity index (χ3v) is 7.24. The average molecular weight is 662 g/mol. The molecule has 0 amide bonds. The first-order valence-electron chi connectivity index (χ1n) is 11.4. The highest BCUT2D eigenvalue weighted by Crippen LogP contribution is 2.37. The van der Waals surface area contributed by atoms with Gasteiger partial charge in [-0.05, 0) is 64.0 Å².